The maximum atomic E-state index is 10.8. The van der Waals surface area contributed by atoms with Crippen LogP contribution in [0.25, 0.3) is 0 Å². The van der Waals surface area contributed by atoms with Crippen LogP contribution in [0.1, 0.15) is 18.5 Å². The van der Waals surface area contributed by atoms with Gasteiger partial charge < -0.3 is 15.3 Å². The summed E-state index contributed by atoms with van der Waals surface area (Å²) in [7, 11) is 4.08. The van der Waals surface area contributed by atoms with Gasteiger partial charge in [0.2, 0.25) is 0 Å². The highest BCUT2D eigenvalue weighted by atomic mass is 79.9. The lowest BCUT2D eigenvalue weighted by atomic mass is 9.89. The van der Waals surface area contributed by atoms with Crippen LogP contribution in [0.2, 0.25) is 0 Å². The molecule has 0 spiro atoms. The molecule has 102 valence electrons. The van der Waals surface area contributed by atoms with E-state index in [-0.39, 0.29) is 0 Å². The third-order valence-corrected chi connectivity index (χ3v) is 4.01. The van der Waals surface area contributed by atoms with Gasteiger partial charge in [0.25, 0.3) is 0 Å². The molecular formula is C12H21BrN4O. The van der Waals surface area contributed by atoms with Gasteiger partial charge in [-0.1, -0.05) is 0 Å². The predicted octanol–water partition coefficient (Wildman–Crippen LogP) is 0.778. The van der Waals surface area contributed by atoms with E-state index in [1.54, 1.807) is 6.20 Å². The maximum absolute atomic E-state index is 10.8. The number of hydrogen-bond donors (Lipinski definition) is 2. The summed E-state index contributed by atoms with van der Waals surface area (Å²) in [6.45, 7) is 3.41. The highest BCUT2D eigenvalue weighted by Crippen LogP contribution is 2.35. The summed E-state index contributed by atoms with van der Waals surface area (Å²) in [4.78, 5) is 2.12. The minimum atomic E-state index is -0.757. The Morgan fingerprint density at radius 2 is 2.17 bits per heavy atom. The monoisotopic (exact) mass is 316 g/mol. The third kappa shape index (κ3) is 2.93. The zero-order valence-corrected chi connectivity index (χ0v) is 12.6. The number of aromatic nitrogens is 2. The molecule has 6 heteroatoms. The molecule has 1 saturated heterocycles. The normalized spacial score (nSPS) is 19.4. The predicted molar refractivity (Wildman–Crippen MR) is 74.5 cm³/mol. The topological polar surface area (TPSA) is 53.3 Å². The fourth-order valence-corrected chi connectivity index (χ4v) is 3.03. The molecule has 0 aliphatic carbocycles. The first-order valence-corrected chi connectivity index (χ1v) is 7.12. The largest absolute Gasteiger partial charge is 0.383 e. The lowest BCUT2D eigenvalue weighted by molar-refractivity contribution is -0.00332. The van der Waals surface area contributed by atoms with Crippen molar-refractivity contribution in [2.45, 2.75) is 25.0 Å². The minimum Gasteiger partial charge on any atom is -0.383 e. The molecule has 0 unspecified atom stereocenters. The van der Waals surface area contributed by atoms with Crippen molar-refractivity contribution in [3.05, 3.63) is 16.4 Å². The van der Waals surface area contributed by atoms with E-state index in [9.17, 15) is 5.11 Å². The molecule has 2 heterocycles. The highest BCUT2D eigenvalue weighted by Gasteiger charge is 2.36. The first kappa shape index (κ1) is 14.0. The van der Waals surface area contributed by atoms with Crippen LogP contribution >= 0.6 is 15.9 Å². The standard InChI is InChI=1S/C12H21BrN4O/c1-16(2)7-8-17-11(10(13)9-15-17)12(18)3-5-14-6-4-12/h9,14,18H,3-8H2,1-2H3. The zero-order chi connectivity index (χ0) is 13.2. The average Bonchev–Trinajstić information content (AvgIpc) is 2.69. The lowest BCUT2D eigenvalue weighted by Crippen LogP contribution is -2.41. The molecule has 1 aliphatic heterocycles. The van der Waals surface area contributed by atoms with Gasteiger partial charge in [-0.15, -0.1) is 0 Å². The molecule has 1 fully saturated rings. The Morgan fingerprint density at radius 1 is 1.50 bits per heavy atom. The van der Waals surface area contributed by atoms with Crippen LogP contribution in [-0.4, -0.2) is 53.5 Å². The van der Waals surface area contributed by atoms with Crippen molar-refractivity contribution in [1.82, 2.24) is 20.0 Å². The Morgan fingerprint density at radius 3 is 2.78 bits per heavy atom. The van der Waals surface area contributed by atoms with Gasteiger partial charge in [0.1, 0.15) is 5.60 Å². The third-order valence-electron chi connectivity index (χ3n) is 3.43. The number of nitrogens with zero attached hydrogens (tertiary/aromatic N) is 3. The van der Waals surface area contributed by atoms with Crippen molar-refractivity contribution < 1.29 is 5.11 Å². The summed E-state index contributed by atoms with van der Waals surface area (Å²) in [5.41, 5.74) is 0.165. The number of halogens is 1. The number of nitrogens with one attached hydrogen (secondary N) is 1. The van der Waals surface area contributed by atoms with Gasteiger partial charge in [-0.05, 0) is 56.0 Å². The minimum absolute atomic E-state index is 0.735. The molecule has 0 aromatic carbocycles. The quantitative estimate of drug-likeness (QED) is 0.862. The number of hydrogen-bond acceptors (Lipinski definition) is 4. The molecule has 0 radical (unpaired) electrons. The van der Waals surface area contributed by atoms with Crippen LogP contribution in [0, 0.1) is 0 Å². The second-order valence-electron chi connectivity index (χ2n) is 5.15. The van der Waals surface area contributed by atoms with E-state index in [2.05, 4.69) is 31.2 Å². The van der Waals surface area contributed by atoms with Crippen LogP contribution in [0.5, 0.6) is 0 Å². The molecule has 1 aromatic rings. The molecule has 0 atom stereocenters. The molecule has 5 nitrogen and oxygen atoms in total. The van der Waals surface area contributed by atoms with Gasteiger partial charge in [-0.3, -0.25) is 4.68 Å². The van der Waals surface area contributed by atoms with Crippen LogP contribution in [0.15, 0.2) is 10.7 Å². The maximum Gasteiger partial charge on any atom is 0.110 e. The van der Waals surface area contributed by atoms with E-state index < -0.39 is 5.60 Å². The van der Waals surface area contributed by atoms with Gasteiger partial charge in [-0.2, -0.15) is 5.10 Å². The van der Waals surface area contributed by atoms with E-state index in [0.717, 1.165) is 49.2 Å². The fraction of sp³-hybridized carbons (Fsp3) is 0.750. The van der Waals surface area contributed by atoms with Crippen molar-refractivity contribution in [1.29, 1.82) is 0 Å². The van der Waals surface area contributed by atoms with E-state index in [1.165, 1.54) is 0 Å². The van der Waals surface area contributed by atoms with E-state index in [1.807, 2.05) is 18.8 Å². The van der Waals surface area contributed by atoms with E-state index >= 15 is 0 Å². The Kier molecular flexibility index (Phi) is 4.42. The zero-order valence-electron chi connectivity index (χ0n) is 11.0. The van der Waals surface area contributed by atoms with Crippen LogP contribution < -0.4 is 5.32 Å². The van der Waals surface area contributed by atoms with Gasteiger partial charge in [0.15, 0.2) is 0 Å². The van der Waals surface area contributed by atoms with Crippen molar-refractivity contribution >= 4 is 15.9 Å². The Hall–Kier alpha value is -0.430. The number of rotatable bonds is 4. The van der Waals surface area contributed by atoms with Gasteiger partial charge in [0.05, 0.1) is 22.9 Å². The molecule has 18 heavy (non-hydrogen) atoms. The van der Waals surface area contributed by atoms with Crippen LogP contribution in [0.4, 0.5) is 0 Å². The van der Waals surface area contributed by atoms with Crippen LogP contribution in [-0.2, 0) is 12.1 Å². The number of piperidine rings is 1. The number of likely N-dealkylation sites (N-methyl/N-ethyl adjacent to an activating group) is 1. The van der Waals surface area contributed by atoms with E-state index in [0.29, 0.717) is 0 Å². The average molecular weight is 317 g/mol. The summed E-state index contributed by atoms with van der Waals surface area (Å²) in [6, 6.07) is 0. The second-order valence-corrected chi connectivity index (χ2v) is 6.00. The summed E-state index contributed by atoms with van der Waals surface area (Å²) >= 11 is 3.52. The summed E-state index contributed by atoms with van der Waals surface area (Å²) < 4.78 is 2.83. The number of aliphatic hydroxyl groups is 1. The fourth-order valence-electron chi connectivity index (χ4n) is 2.37. The highest BCUT2D eigenvalue weighted by molar-refractivity contribution is 9.10. The molecule has 2 N–H and O–H groups in total. The Balaban J connectivity index is 2.22. The van der Waals surface area contributed by atoms with Gasteiger partial charge >= 0.3 is 0 Å². The second kappa shape index (κ2) is 5.69. The van der Waals surface area contributed by atoms with Crippen molar-refractivity contribution in [2.75, 3.05) is 33.7 Å². The first-order chi connectivity index (χ1) is 8.53. The molecule has 1 aromatic heterocycles. The SMILES string of the molecule is CN(C)CCn1ncc(Br)c1C1(O)CCNCC1. The van der Waals surface area contributed by atoms with Crippen molar-refractivity contribution in [3.8, 4) is 0 Å². The summed E-state index contributed by atoms with van der Waals surface area (Å²) in [6.07, 6.45) is 3.25. The molecule has 0 saturated carbocycles. The van der Waals surface area contributed by atoms with Gasteiger partial charge in [-0.25, -0.2) is 0 Å². The van der Waals surface area contributed by atoms with Gasteiger partial charge in [0, 0.05) is 6.54 Å². The Labute approximate surface area is 116 Å². The van der Waals surface area contributed by atoms with Crippen LogP contribution in [0.3, 0.4) is 0 Å². The molecule has 1 aliphatic rings. The molecular weight excluding hydrogens is 296 g/mol. The molecule has 0 bridgehead atoms. The van der Waals surface area contributed by atoms with Crippen molar-refractivity contribution in [2.24, 2.45) is 0 Å². The smallest absolute Gasteiger partial charge is 0.110 e. The van der Waals surface area contributed by atoms with E-state index in [4.69, 9.17) is 0 Å². The van der Waals surface area contributed by atoms with Crippen molar-refractivity contribution in [3.63, 3.8) is 0 Å². The summed E-state index contributed by atoms with van der Waals surface area (Å²) in [5, 5.41) is 18.5. The molecule has 0 amide bonds. The Bertz CT molecular complexity index is 399. The first-order valence-electron chi connectivity index (χ1n) is 6.32. The lowest BCUT2D eigenvalue weighted by Gasteiger charge is -2.33. The summed E-state index contributed by atoms with van der Waals surface area (Å²) in [5.74, 6) is 0. The molecule has 2 rings (SSSR count).